The second-order valence-corrected chi connectivity index (χ2v) is 6.29. The van der Waals surface area contributed by atoms with Crippen molar-refractivity contribution in [1.29, 1.82) is 0 Å². The van der Waals surface area contributed by atoms with Gasteiger partial charge in [-0.25, -0.2) is 0 Å². The van der Waals surface area contributed by atoms with Crippen LogP contribution in [0.3, 0.4) is 0 Å². The highest BCUT2D eigenvalue weighted by Gasteiger charge is 2.34. The number of carbonyl (C=O) groups is 1. The summed E-state index contributed by atoms with van der Waals surface area (Å²) in [6.45, 7) is 0.823. The van der Waals surface area contributed by atoms with Crippen LogP contribution in [0.5, 0.6) is 0 Å². The van der Waals surface area contributed by atoms with Gasteiger partial charge < -0.3 is 5.11 Å². The quantitative estimate of drug-likeness (QED) is 0.884. The Kier molecular flexibility index (Phi) is 5.54. The summed E-state index contributed by atoms with van der Waals surface area (Å²) in [5, 5.41) is 9.62. The van der Waals surface area contributed by atoms with E-state index in [0.717, 1.165) is 44.2 Å². The molecule has 1 aliphatic heterocycles. The molecule has 0 radical (unpaired) electrons. The summed E-state index contributed by atoms with van der Waals surface area (Å²) in [5.74, 6) is -0.718. The molecule has 0 spiro atoms. The van der Waals surface area contributed by atoms with Gasteiger partial charge in [-0.1, -0.05) is 18.6 Å². The number of hydrogen-bond donors (Lipinski definition) is 1. The molecule has 5 nitrogen and oxygen atoms in total. The van der Waals surface area contributed by atoms with Crippen molar-refractivity contribution in [2.75, 3.05) is 6.54 Å². The van der Waals surface area contributed by atoms with E-state index in [-0.39, 0.29) is 6.04 Å². The van der Waals surface area contributed by atoms with Crippen LogP contribution in [0.1, 0.15) is 42.9 Å². The Morgan fingerprint density at radius 1 is 1.21 bits per heavy atom. The molecule has 2 aromatic heterocycles. The van der Waals surface area contributed by atoms with E-state index in [0.29, 0.717) is 0 Å². The van der Waals surface area contributed by atoms with Crippen molar-refractivity contribution in [3.8, 4) is 0 Å². The van der Waals surface area contributed by atoms with Crippen LogP contribution in [0.15, 0.2) is 49.1 Å². The molecule has 2 atom stereocenters. The molecule has 0 bridgehead atoms. The summed E-state index contributed by atoms with van der Waals surface area (Å²) in [6.07, 6.45) is 11.8. The minimum absolute atomic E-state index is 0.0697. The monoisotopic (exact) mass is 325 g/mol. The molecule has 0 amide bonds. The van der Waals surface area contributed by atoms with E-state index in [9.17, 15) is 9.90 Å². The fourth-order valence-electron chi connectivity index (χ4n) is 3.54. The summed E-state index contributed by atoms with van der Waals surface area (Å²) in [6, 6.07) is 7.65. The third kappa shape index (κ3) is 3.97. The fourth-order valence-corrected chi connectivity index (χ4v) is 3.54. The zero-order valence-electron chi connectivity index (χ0n) is 13.7. The maximum absolute atomic E-state index is 11.7. The normalized spacial score (nSPS) is 19.8. The maximum atomic E-state index is 11.7. The van der Waals surface area contributed by atoms with Crippen molar-refractivity contribution in [3.63, 3.8) is 0 Å². The zero-order valence-corrected chi connectivity index (χ0v) is 13.7. The summed E-state index contributed by atoms with van der Waals surface area (Å²) in [5.41, 5.74) is 2.27. The van der Waals surface area contributed by atoms with Gasteiger partial charge in [0.05, 0.1) is 0 Å². The van der Waals surface area contributed by atoms with Crippen molar-refractivity contribution in [3.05, 3.63) is 60.2 Å². The van der Waals surface area contributed by atoms with Gasteiger partial charge in [0.25, 0.3) is 0 Å². The Morgan fingerprint density at radius 2 is 2.00 bits per heavy atom. The van der Waals surface area contributed by atoms with Crippen LogP contribution in [0.2, 0.25) is 0 Å². The molecule has 2 unspecified atom stereocenters. The number of likely N-dealkylation sites (tertiary alicyclic amines) is 1. The van der Waals surface area contributed by atoms with Gasteiger partial charge in [-0.15, -0.1) is 0 Å². The second-order valence-electron chi connectivity index (χ2n) is 6.29. The van der Waals surface area contributed by atoms with Crippen LogP contribution >= 0.6 is 0 Å². The standard InChI is InChI=1S/C19H23N3O2/c23-19(24)18-7-1-2-12-22(18)17(16-6-4-11-21-14-16)9-8-15-5-3-10-20-13-15/h3-6,10-11,13-14,17-18H,1-2,7-9,12H2,(H,23,24). The number of aliphatic carboxylic acids is 1. The fraction of sp³-hybridized carbons (Fsp3) is 0.421. The van der Waals surface area contributed by atoms with Gasteiger partial charge in [-0.3, -0.25) is 19.7 Å². The first kappa shape index (κ1) is 16.6. The SMILES string of the molecule is O=C(O)C1CCCCN1C(CCc1cccnc1)c1cccnc1. The molecule has 24 heavy (non-hydrogen) atoms. The maximum Gasteiger partial charge on any atom is 0.320 e. The van der Waals surface area contributed by atoms with Crippen molar-refractivity contribution < 1.29 is 9.90 Å². The predicted octanol–water partition coefficient (Wildman–Crippen LogP) is 3.09. The molecule has 0 aromatic carbocycles. The molecule has 1 aliphatic rings. The van der Waals surface area contributed by atoms with Crippen LogP contribution in [-0.4, -0.2) is 38.5 Å². The predicted molar refractivity (Wildman–Crippen MR) is 91.5 cm³/mol. The van der Waals surface area contributed by atoms with E-state index in [1.54, 1.807) is 12.4 Å². The molecule has 3 rings (SSSR count). The number of aromatic nitrogens is 2. The molecule has 1 saturated heterocycles. The van der Waals surface area contributed by atoms with Gasteiger partial charge in [-0.05, 0) is 55.5 Å². The lowest BCUT2D eigenvalue weighted by Crippen LogP contribution is -2.46. The van der Waals surface area contributed by atoms with Gasteiger partial charge in [0, 0.05) is 30.8 Å². The largest absolute Gasteiger partial charge is 0.480 e. The third-order valence-electron chi connectivity index (χ3n) is 4.73. The lowest BCUT2D eigenvalue weighted by Gasteiger charge is -2.39. The highest BCUT2D eigenvalue weighted by Crippen LogP contribution is 2.32. The molecule has 1 fully saturated rings. The smallest absolute Gasteiger partial charge is 0.320 e. The zero-order chi connectivity index (χ0) is 16.8. The lowest BCUT2D eigenvalue weighted by molar-refractivity contribution is -0.146. The second kappa shape index (κ2) is 8.02. The average molecular weight is 325 g/mol. The summed E-state index contributed by atoms with van der Waals surface area (Å²) in [7, 11) is 0. The minimum atomic E-state index is -0.718. The van der Waals surface area contributed by atoms with Gasteiger partial charge in [0.1, 0.15) is 6.04 Å². The number of piperidine rings is 1. The van der Waals surface area contributed by atoms with E-state index >= 15 is 0 Å². The van der Waals surface area contributed by atoms with Gasteiger partial charge in [0.15, 0.2) is 0 Å². The van der Waals surface area contributed by atoms with E-state index in [2.05, 4.69) is 27.0 Å². The highest BCUT2D eigenvalue weighted by molar-refractivity contribution is 5.73. The molecule has 1 N–H and O–H groups in total. The Balaban J connectivity index is 1.82. The number of aryl methyl sites for hydroxylation is 1. The minimum Gasteiger partial charge on any atom is -0.480 e. The van der Waals surface area contributed by atoms with Gasteiger partial charge >= 0.3 is 5.97 Å². The van der Waals surface area contributed by atoms with Crippen molar-refractivity contribution in [2.24, 2.45) is 0 Å². The number of rotatable bonds is 6. The summed E-state index contributed by atoms with van der Waals surface area (Å²) in [4.78, 5) is 22.3. The molecule has 3 heterocycles. The number of pyridine rings is 2. The molecule has 0 aliphatic carbocycles. The molecular formula is C19H23N3O2. The van der Waals surface area contributed by atoms with Crippen LogP contribution in [0, 0.1) is 0 Å². The van der Waals surface area contributed by atoms with Crippen LogP contribution in [0.4, 0.5) is 0 Å². The van der Waals surface area contributed by atoms with Crippen molar-refractivity contribution in [2.45, 2.75) is 44.2 Å². The van der Waals surface area contributed by atoms with E-state index in [1.807, 2.05) is 24.5 Å². The lowest BCUT2D eigenvalue weighted by atomic mass is 9.93. The number of nitrogens with zero attached hydrogens (tertiary/aromatic N) is 3. The average Bonchev–Trinajstić information content (AvgIpc) is 2.64. The number of hydrogen-bond acceptors (Lipinski definition) is 4. The van der Waals surface area contributed by atoms with Crippen molar-refractivity contribution >= 4 is 5.97 Å². The van der Waals surface area contributed by atoms with E-state index in [4.69, 9.17) is 0 Å². The number of carboxylic acid groups (broad SMARTS) is 1. The molecule has 0 saturated carbocycles. The number of carboxylic acids is 1. The van der Waals surface area contributed by atoms with Gasteiger partial charge in [0.2, 0.25) is 0 Å². The summed E-state index contributed by atoms with van der Waals surface area (Å²) < 4.78 is 0. The first-order chi connectivity index (χ1) is 11.8. The highest BCUT2D eigenvalue weighted by atomic mass is 16.4. The van der Waals surface area contributed by atoms with Crippen LogP contribution in [-0.2, 0) is 11.2 Å². The molecule has 126 valence electrons. The van der Waals surface area contributed by atoms with Gasteiger partial charge in [-0.2, -0.15) is 0 Å². The molecule has 5 heteroatoms. The Hall–Kier alpha value is -2.27. The molecule has 2 aromatic rings. The topological polar surface area (TPSA) is 66.3 Å². The first-order valence-electron chi connectivity index (χ1n) is 8.53. The van der Waals surface area contributed by atoms with E-state index in [1.165, 1.54) is 5.56 Å². The molecular weight excluding hydrogens is 302 g/mol. The Bertz CT molecular complexity index is 648. The third-order valence-corrected chi connectivity index (χ3v) is 4.73. The Morgan fingerprint density at radius 3 is 2.67 bits per heavy atom. The first-order valence-corrected chi connectivity index (χ1v) is 8.53. The van der Waals surface area contributed by atoms with Crippen molar-refractivity contribution in [1.82, 2.24) is 14.9 Å². The van der Waals surface area contributed by atoms with Crippen LogP contribution < -0.4 is 0 Å². The van der Waals surface area contributed by atoms with E-state index < -0.39 is 12.0 Å². The van der Waals surface area contributed by atoms with Crippen LogP contribution in [0.25, 0.3) is 0 Å². The summed E-state index contributed by atoms with van der Waals surface area (Å²) >= 11 is 0. The Labute approximate surface area is 142 Å².